The van der Waals surface area contributed by atoms with Crippen LogP contribution in [0.1, 0.15) is 32.8 Å². The van der Waals surface area contributed by atoms with Crippen molar-refractivity contribution in [3.63, 3.8) is 0 Å². The number of alkyl halides is 1. The molecule has 4 nitrogen and oxygen atoms in total. The van der Waals surface area contributed by atoms with E-state index in [0.29, 0.717) is 6.54 Å². The first kappa shape index (κ1) is 16.7. The Morgan fingerprint density at radius 3 is 2.55 bits per heavy atom. The van der Waals surface area contributed by atoms with Crippen molar-refractivity contribution in [3.05, 3.63) is 29.8 Å². The largest absolute Gasteiger partial charge is 0.351 e. The third kappa shape index (κ3) is 5.33. The van der Waals surface area contributed by atoms with E-state index in [9.17, 15) is 9.59 Å². The van der Waals surface area contributed by atoms with Gasteiger partial charge in [0.2, 0.25) is 11.8 Å². The lowest BCUT2D eigenvalue weighted by atomic mass is 10.1. The SMILES string of the molecule is CCC(Br)C(=O)NCc1cccc(NC(=O)C(C)C)c1. The monoisotopic (exact) mass is 340 g/mol. The molecule has 0 aromatic heterocycles. The van der Waals surface area contributed by atoms with Crippen molar-refractivity contribution in [2.45, 2.75) is 38.6 Å². The average molecular weight is 341 g/mol. The molecule has 0 spiro atoms. The second kappa shape index (κ2) is 8.04. The Morgan fingerprint density at radius 1 is 1.25 bits per heavy atom. The van der Waals surface area contributed by atoms with E-state index in [2.05, 4.69) is 26.6 Å². The first-order valence-corrected chi connectivity index (χ1v) is 7.67. The van der Waals surface area contributed by atoms with Gasteiger partial charge in [-0.05, 0) is 24.1 Å². The zero-order valence-corrected chi connectivity index (χ0v) is 13.7. The molecule has 0 aliphatic carbocycles. The van der Waals surface area contributed by atoms with Crippen LogP contribution in [0.25, 0.3) is 0 Å². The van der Waals surface area contributed by atoms with Crippen LogP contribution in [-0.4, -0.2) is 16.6 Å². The maximum absolute atomic E-state index is 11.7. The Hall–Kier alpha value is -1.36. The Kier molecular flexibility index (Phi) is 6.71. The van der Waals surface area contributed by atoms with Crippen molar-refractivity contribution in [2.24, 2.45) is 5.92 Å². The van der Waals surface area contributed by atoms with Gasteiger partial charge in [-0.3, -0.25) is 9.59 Å². The van der Waals surface area contributed by atoms with E-state index in [1.165, 1.54) is 0 Å². The molecule has 0 saturated carbocycles. The second-order valence-corrected chi connectivity index (χ2v) is 6.04. The smallest absolute Gasteiger partial charge is 0.234 e. The molecule has 2 amide bonds. The van der Waals surface area contributed by atoms with Gasteiger partial charge in [0.05, 0.1) is 4.83 Å². The third-order valence-corrected chi connectivity index (χ3v) is 3.89. The van der Waals surface area contributed by atoms with Crippen LogP contribution >= 0.6 is 15.9 Å². The normalized spacial score (nSPS) is 12.1. The van der Waals surface area contributed by atoms with Crippen molar-refractivity contribution in [1.82, 2.24) is 5.32 Å². The molecule has 0 heterocycles. The second-order valence-electron chi connectivity index (χ2n) is 4.94. The van der Waals surface area contributed by atoms with Crippen molar-refractivity contribution in [2.75, 3.05) is 5.32 Å². The topological polar surface area (TPSA) is 58.2 Å². The standard InChI is InChI=1S/C15H21BrN2O2/c1-4-13(16)15(20)17-9-11-6-5-7-12(8-11)18-14(19)10(2)3/h5-8,10,13H,4,9H2,1-3H3,(H,17,20)(H,18,19). The number of benzene rings is 1. The van der Waals surface area contributed by atoms with Gasteiger partial charge in [0.1, 0.15) is 0 Å². The minimum atomic E-state index is -0.161. The maximum atomic E-state index is 11.7. The lowest BCUT2D eigenvalue weighted by Crippen LogP contribution is -2.30. The Morgan fingerprint density at radius 2 is 1.95 bits per heavy atom. The minimum absolute atomic E-state index is 0.0160. The molecule has 2 N–H and O–H groups in total. The molecule has 0 aliphatic heterocycles. The summed E-state index contributed by atoms with van der Waals surface area (Å²) in [5.41, 5.74) is 1.71. The highest BCUT2D eigenvalue weighted by atomic mass is 79.9. The molecule has 0 aliphatic rings. The zero-order chi connectivity index (χ0) is 15.1. The number of rotatable bonds is 6. The van der Waals surface area contributed by atoms with Crippen LogP contribution in [0.15, 0.2) is 24.3 Å². The quantitative estimate of drug-likeness (QED) is 0.782. The summed E-state index contributed by atoms with van der Waals surface area (Å²) in [6, 6.07) is 7.49. The Labute approximate surface area is 128 Å². The van der Waals surface area contributed by atoms with E-state index in [1.807, 2.05) is 45.0 Å². The molecule has 1 rings (SSSR count). The lowest BCUT2D eigenvalue weighted by molar-refractivity contribution is -0.120. The van der Waals surface area contributed by atoms with Gasteiger partial charge >= 0.3 is 0 Å². The predicted octanol–water partition coefficient (Wildman–Crippen LogP) is 3.07. The molecule has 1 aromatic carbocycles. The molecule has 5 heteroatoms. The number of carbonyl (C=O) groups excluding carboxylic acids is 2. The highest BCUT2D eigenvalue weighted by molar-refractivity contribution is 9.10. The maximum Gasteiger partial charge on any atom is 0.234 e. The number of halogens is 1. The molecular formula is C15H21BrN2O2. The summed E-state index contributed by atoms with van der Waals surface area (Å²) in [5, 5.41) is 5.70. The summed E-state index contributed by atoms with van der Waals surface area (Å²) in [4.78, 5) is 23.1. The van der Waals surface area contributed by atoms with E-state index >= 15 is 0 Å². The fraction of sp³-hybridized carbons (Fsp3) is 0.467. The summed E-state index contributed by atoms with van der Waals surface area (Å²) in [6.45, 7) is 6.09. The summed E-state index contributed by atoms with van der Waals surface area (Å²) < 4.78 is 0. The molecular weight excluding hydrogens is 320 g/mol. The van der Waals surface area contributed by atoms with E-state index < -0.39 is 0 Å². The van der Waals surface area contributed by atoms with Crippen molar-refractivity contribution in [3.8, 4) is 0 Å². The van der Waals surface area contributed by atoms with Gasteiger partial charge < -0.3 is 10.6 Å². The molecule has 1 unspecified atom stereocenters. The molecule has 0 fully saturated rings. The van der Waals surface area contributed by atoms with Gasteiger partial charge in [-0.1, -0.05) is 48.8 Å². The third-order valence-electron chi connectivity index (χ3n) is 2.83. The van der Waals surface area contributed by atoms with Crippen molar-refractivity contribution < 1.29 is 9.59 Å². The summed E-state index contributed by atoms with van der Waals surface area (Å²) in [5.74, 6) is -0.0983. The lowest BCUT2D eigenvalue weighted by Gasteiger charge is -2.11. The van der Waals surface area contributed by atoms with Crippen LogP contribution in [0.5, 0.6) is 0 Å². The summed E-state index contributed by atoms with van der Waals surface area (Å²) in [7, 11) is 0. The van der Waals surface area contributed by atoms with E-state index in [4.69, 9.17) is 0 Å². The van der Waals surface area contributed by atoms with Crippen LogP contribution in [0.4, 0.5) is 5.69 Å². The number of nitrogens with one attached hydrogen (secondary N) is 2. The van der Waals surface area contributed by atoms with Gasteiger partial charge in [-0.2, -0.15) is 0 Å². The molecule has 20 heavy (non-hydrogen) atoms. The van der Waals surface area contributed by atoms with Crippen LogP contribution in [-0.2, 0) is 16.1 Å². The van der Waals surface area contributed by atoms with Gasteiger partial charge in [-0.15, -0.1) is 0 Å². The van der Waals surface area contributed by atoms with Crippen LogP contribution < -0.4 is 10.6 Å². The summed E-state index contributed by atoms with van der Waals surface area (Å²) in [6.07, 6.45) is 0.746. The first-order chi connectivity index (χ1) is 9.43. The molecule has 110 valence electrons. The van der Waals surface area contributed by atoms with Gasteiger partial charge in [-0.25, -0.2) is 0 Å². The molecule has 1 aromatic rings. The van der Waals surface area contributed by atoms with Crippen molar-refractivity contribution in [1.29, 1.82) is 0 Å². The zero-order valence-electron chi connectivity index (χ0n) is 12.1. The van der Waals surface area contributed by atoms with Gasteiger partial charge in [0.15, 0.2) is 0 Å². The first-order valence-electron chi connectivity index (χ1n) is 6.75. The average Bonchev–Trinajstić information content (AvgIpc) is 2.44. The van der Waals surface area contributed by atoms with Crippen LogP contribution in [0.3, 0.4) is 0 Å². The van der Waals surface area contributed by atoms with E-state index in [-0.39, 0.29) is 22.6 Å². The van der Waals surface area contributed by atoms with Gasteiger partial charge in [0, 0.05) is 18.2 Å². The van der Waals surface area contributed by atoms with Gasteiger partial charge in [0.25, 0.3) is 0 Å². The number of carbonyl (C=O) groups is 2. The fourth-order valence-corrected chi connectivity index (χ4v) is 1.69. The van der Waals surface area contributed by atoms with E-state index in [1.54, 1.807) is 0 Å². The molecule has 1 atom stereocenters. The number of hydrogen-bond acceptors (Lipinski definition) is 2. The predicted molar refractivity (Wildman–Crippen MR) is 84.8 cm³/mol. The highest BCUT2D eigenvalue weighted by Crippen LogP contribution is 2.12. The van der Waals surface area contributed by atoms with Crippen molar-refractivity contribution >= 4 is 33.4 Å². The van der Waals surface area contributed by atoms with E-state index in [0.717, 1.165) is 17.7 Å². The molecule has 0 radical (unpaired) electrons. The highest BCUT2D eigenvalue weighted by Gasteiger charge is 2.11. The number of amides is 2. The Bertz CT molecular complexity index is 475. The number of hydrogen-bond donors (Lipinski definition) is 2. The summed E-state index contributed by atoms with van der Waals surface area (Å²) >= 11 is 3.31. The fourth-order valence-electron chi connectivity index (χ4n) is 1.53. The molecule has 0 bridgehead atoms. The number of anilines is 1. The van der Waals surface area contributed by atoms with Crippen LogP contribution in [0, 0.1) is 5.92 Å². The Balaban J connectivity index is 2.60. The van der Waals surface area contributed by atoms with Crippen LogP contribution in [0.2, 0.25) is 0 Å². The minimum Gasteiger partial charge on any atom is -0.351 e. The molecule has 0 saturated heterocycles.